The molecule has 0 radical (unpaired) electrons. The predicted molar refractivity (Wildman–Crippen MR) is 103 cm³/mol. The fourth-order valence-corrected chi connectivity index (χ4v) is 2.50. The van der Waals surface area contributed by atoms with Crippen LogP contribution in [0, 0.1) is 6.92 Å². The van der Waals surface area contributed by atoms with E-state index in [1.54, 1.807) is 18.2 Å². The van der Waals surface area contributed by atoms with Crippen molar-refractivity contribution >= 4 is 35.3 Å². The molecule has 0 fully saturated rings. The molecule has 0 saturated carbocycles. The van der Waals surface area contributed by atoms with Gasteiger partial charge in [-0.25, -0.2) is 5.43 Å². The Hall–Kier alpha value is -2.04. The Bertz CT molecular complexity index is 789. The van der Waals surface area contributed by atoms with Crippen molar-refractivity contribution in [3.8, 4) is 5.75 Å². The van der Waals surface area contributed by atoms with Crippen LogP contribution < -0.4 is 10.2 Å². The van der Waals surface area contributed by atoms with Gasteiger partial charge in [-0.05, 0) is 47.7 Å². The molecule has 0 aromatic heterocycles. The quantitative estimate of drug-likeness (QED) is 0.570. The summed E-state index contributed by atoms with van der Waals surface area (Å²) in [6.45, 7) is 6.04. The lowest BCUT2D eigenvalue weighted by atomic mass is 10.0. The van der Waals surface area contributed by atoms with Gasteiger partial charge >= 0.3 is 0 Å². The summed E-state index contributed by atoms with van der Waals surface area (Å²) < 4.78 is 5.65. The van der Waals surface area contributed by atoms with Gasteiger partial charge in [0.15, 0.2) is 6.61 Å². The third-order valence-corrected chi connectivity index (χ3v) is 4.24. The zero-order chi connectivity index (χ0) is 18.4. The monoisotopic (exact) mass is 378 g/mol. The molecule has 2 rings (SSSR count). The van der Waals surface area contributed by atoms with Gasteiger partial charge in [0.1, 0.15) is 5.75 Å². The van der Waals surface area contributed by atoms with Crippen LogP contribution in [-0.4, -0.2) is 18.7 Å². The molecule has 0 unspecified atom stereocenters. The van der Waals surface area contributed by atoms with E-state index < -0.39 is 0 Å². The molecule has 0 spiro atoms. The fraction of sp³-hybridized carbons (Fsp3) is 0.263. The van der Waals surface area contributed by atoms with Crippen molar-refractivity contribution in [3.05, 3.63) is 63.1 Å². The van der Waals surface area contributed by atoms with Gasteiger partial charge in [0.25, 0.3) is 5.91 Å². The van der Waals surface area contributed by atoms with E-state index >= 15 is 0 Å². The highest BCUT2D eigenvalue weighted by atomic mass is 35.5. The highest BCUT2D eigenvalue weighted by Crippen LogP contribution is 2.27. The molecule has 6 heteroatoms. The molecule has 0 aliphatic heterocycles. The highest BCUT2D eigenvalue weighted by Gasteiger charge is 2.10. The number of carbonyl (C=O) groups excluding carboxylic acids is 1. The summed E-state index contributed by atoms with van der Waals surface area (Å²) in [6.07, 6.45) is 1.49. The molecular weight excluding hydrogens is 359 g/mol. The van der Waals surface area contributed by atoms with E-state index in [2.05, 4.69) is 24.4 Å². The molecule has 132 valence electrons. The first-order valence-corrected chi connectivity index (χ1v) is 8.62. The van der Waals surface area contributed by atoms with Crippen LogP contribution in [0.1, 0.15) is 36.5 Å². The summed E-state index contributed by atoms with van der Waals surface area (Å²) >= 11 is 11.8. The number of amides is 1. The van der Waals surface area contributed by atoms with Gasteiger partial charge in [-0.3, -0.25) is 4.79 Å². The van der Waals surface area contributed by atoms with Gasteiger partial charge < -0.3 is 4.74 Å². The SMILES string of the molecule is Cc1ccc(C(C)C)c(OCC(=O)N/N=C\c2ccc(Cl)c(Cl)c2)c1. The number of hydrogen-bond donors (Lipinski definition) is 1. The second-order valence-corrected chi connectivity index (χ2v) is 6.77. The van der Waals surface area contributed by atoms with Crippen LogP contribution in [0.3, 0.4) is 0 Å². The molecule has 0 bridgehead atoms. The molecule has 2 aromatic carbocycles. The van der Waals surface area contributed by atoms with E-state index in [0.717, 1.165) is 22.4 Å². The summed E-state index contributed by atoms with van der Waals surface area (Å²) in [6, 6.07) is 11.1. The van der Waals surface area contributed by atoms with E-state index in [1.165, 1.54) is 6.21 Å². The van der Waals surface area contributed by atoms with Crippen LogP contribution in [0.5, 0.6) is 5.75 Å². The molecule has 0 atom stereocenters. The first kappa shape index (κ1) is 19.3. The Morgan fingerprint density at radius 3 is 2.64 bits per heavy atom. The van der Waals surface area contributed by atoms with Crippen molar-refractivity contribution in [1.82, 2.24) is 5.43 Å². The standard InChI is InChI=1S/C19H20Cl2N2O2/c1-12(2)15-6-4-13(3)8-18(15)25-11-19(24)23-22-10-14-5-7-16(20)17(21)9-14/h4-10,12H,11H2,1-3H3,(H,23,24)/b22-10-. The summed E-state index contributed by atoms with van der Waals surface area (Å²) in [5, 5.41) is 4.79. The zero-order valence-corrected chi connectivity index (χ0v) is 15.9. The summed E-state index contributed by atoms with van der Waals surface area (Å²) in [7, 11) is 0. The van der Waals surface area contributed by atoms with Crippen LogP contribution in [0.2, 0.25) is 10.0 Å². The van der Waals surface area contributed by atoms with Gasteiger partial charge in [0, 0.05) is 0 Å². The molecule has 0 aliphatic rings. The lowest BCUT2D eigenvalue weighted by molar-refractivity contribution is -0.123. The van der Waals surface area contributed by atoms with E-state index in [0.29, 0.717) is 16.0 Å². The molecule has 1 N–H and O–H groups in total. The van der Waals surface area contributed by atoms with E-state index in [-0.39, 0.29) is 12.5 Å². The van der Waals surface area contributed by atoms with Gasteiger partial charge in [-0.1, -0.05) is 55.2 Å². The summed E-state index contributed by atoms with van der Waals surface area (Å²) in [5.74, 6) is 0.692. The first-order valence-electron chi connectivity index (χ1n) is 7.87. The Morgan fingerprint density at radius 2 is 1.96 bits per heavy atom. The molecule has 0 saturated heterocycles. The third kappa shape index (κ3) is 5.76. The first-order chi connectivity index (χ1) is 11.9. The number of aryl methyl sites for hydroxylation is 1. The third-order valence-electron chi connectivity index (χ3n) is 3.50. The molecular formula is C19H20Cl2N2O2. The van der Waals surface area contributed by atoms with E-state index in [9.17, 15) is 4.79 Å². The minimum Gasteiger partial charge on any atom is -0.483 e. The number of nitrogens with one attached hydrogen (secondary N) is 1. The lowest BCUT2D eigenvalue weighted by Crippen LogP contribution is -2.25. The average Bonchev–Trinajstić information content (AvgIpc) is 2.56. The Labute approximate surface area is 157 Å². The van der Waals surface area contributed by atoms with Gasteiger partial charge in [-0.15, -0.1) is 0 Å². The number of carbonyl (C=O) groups is 1. The van der Waals surface area contributed by atoms with Gasteiger partial charge in [-0.2, -0.15) is 5.10 Å². The van der Waals surface area contributed by atoms with Gasteiger partial charge in [0.05, 0.1) is 16.3 Å². The van der Waals surface area contributed by atoms with Crippen LogP contribution in [0.25, 0.3) is 0 Å². The van der Waals surface area contributed by atoms with Crippen LogP contribution in [0.15, 0.2) is 41.5 Å². The smallest absolute Gasteiger partial charge is 0.277 e. The maximum absolute atomic E-state index is 11.9. The lowest BCUT2D eigenvalue weighted by Gasteiger charge is -2.14. The maximum Gasteiger partial charge on any atom is 0.277 e. The van der Waals surface area contributed by atoms with Crippen LogP contribution in [0.4, 0.5) is 0 Å². The number of rotatable bonds is 6. The van der Waals surface area contributed by atoms with E-state index in [4.69, 9.17) is 27.9 Å². The molecule has 25 heavy (non-hydrogen) atoms. The van der Waals surface area contributed by atoms with Crippen molar-refractivity contribution in [2.45, 2.75) is 26.7 Å². The van der Waals surface area contributed by atoms with Crippen molar-refractivity contribution in [3.63, 3.8) is 0 Å². The molecule has 0 aliphatic carbocycles. The number of hydrazone groups is 1. The number of halogens is 2. The predicted octanol–water partition coefficient (Wildman–Crippen LogP) is 4.95. The number of nitrogens with zero attached hydrogens (tertiary/aromatic N) is 1. The molecule has 4 nitrogen and oxygen atoms in total. The highest BCUT2D eigenvalue weighted by molar-refractivity contribution is 6.42. The molecule has 0 heterocycles. The zero-order valence-electron chi connectivity index (χ0n) is 14.3. The second kappa shape index (κ2) is 8.88. The number of hydrogen-bond acceptors (Lipinski definition) is 3. The van der Waals surface area contributed by atoms with Gasteiger partial charge in [0.2, 0.25) is 0 Å². The minimum atomic E-state index is -0.340. The van der Waals surface area contributed by atoms with Crippen molar-refractivity contribution in [1.29, 1.82) is 0 Å². The second-order valence-electron chi connectivity index (χ2n) is 5.95. The Kier molecular flexibility index (Phi) is 6.85. The average molecular weight is 379 g/mol. The molecule has 1 amide bonds. The number of ether oxygens (including phenoxy) is 1. The Balaban J connectivity index is 1.92. The fourth-order valence-electron chi connectivity index (χ4n) is 2.19. The summed E-state index contributed by atoms with van der Waals surface area (Å²) in [5.41, 5.74) is 5.31. The molecule has 2 aromatic rings. The van der Waals surface area contributed by atoms with Crippen molar-refractivity contribution in [2.24, 2.45) is 5.10 Å². The summed E-state index contributed by atoms with van der Waals surface area (Å²) in [4.78, 5) is 11.9. The van der Waals surface area contributed by atoms with Crippen LogP contribution >= 0.6 is 23.2 Å². The van der Waals surface area contributed by atoms with E-state index in [1.807, 2.05) is 25.1 Å². The minimum absolute atomic E-state index is 0.109. The van der Waals surface area contributed by atoms with Crippen molar-refractivity contribution < 1.29 is 9.53 Å². The van der Waals surface area contributed by atoms with Crippen molar-refractivity contribution in [2.75, 3.05) is 6.61 Å². The largest absolute Gasteiger partial charge is 0.483 e. The normalized spacial score (nSPS) is 11.1. The number of benzene rings is 2. The Morgan fingerprint density at radius 1 is 1.20 bits per heavy atom. The maximum atomic E-state index is 11.9. The topological polar surface area (TPSA) is 50.7 Å². The van der Waals surface area contributed by atoms with Crippen LogP contribution in [-0.2, 0) is 4.79 Å².